The summed E-state index contributed by atoms with van der Waals surface area (Å²) < 4.78 is 1.33. The maximum absolute atomic E-state index is 7.15. The van der Waals surface area contributed by atoms with E-state index in [4.69, 9.17) is 5.53 Å². The van der Waals surface area contributed by atoms with Crippen molar-refractivity contribution >= 4 is 5.69 Å². The zero-order chi connectivity index (χ0) is 6.69. The molecule has 0 aliphatic heterocycles. The lowest BCUT2D eigenvalue weighted by molar-refractivity contribution is -0.505. The van der Waals surface area contributed by atoms with Crippen molar-refractivity contribution in [2.45, 2.75) is 0 Å². The van der Waals surface area contributed by atoms with Gasteiger partial charge in [-0.2, -0.15) is 0 Å². The minimum absolute atomic E-state index is 0.914. The number of para-hydroxylation sites is 1. The average molecular weight is 121 g/mol. The van der Waals surface area contributed by atoms with Crippen LogP contribution in [-0.4, -0.2) is 11.7 Å². The van der Waals surface area contributed by atoms with Gasteiger partial charge in [-0.25, -0.2) is 0 Å². The molecule has 0 unspecified atom stereocenters. The molecule has 0 heterocycles. The summed E-state index contributed by atoms with van der Waals surface area (Å²) in [6, 6.07) is 9.56. The van der Waals surface area contributed by atoms with Gasteiger partial charge in [0.1, 0.15) is 0 Å². The molecule has 0 aliphatic carbocycles. The molecule has 0 bridgehead atoms. The summed E-state index contributed by atoms with van der Waals surface area (Å²) in [6.07, 6.45) is 0. The summed E-state index contributed by atoms with van der Waals surface area (Å²) >= 11 is 0. The second kappa shape index (κ2) is 2.40. The molecule has 0 aliphatic rings. The van der Waals surface area contributed by atoms with E-state index in [0.717, 1.165) is 5.69 Å². The number of rotatable bonds is 1. The molecule has 0 atom stereocenters. The Morgan fingerprint density at radius 1 is 1.22 bits per heavy atom. The van der Waals surface area contributed by atoms with Crippen LogP contribution in [0.15, 0.2) is 30.3 Å². The standard InChI is InChI=1S/C7H9N2/c1-9(8)7-5-3-2-4-6-7/h2-6,8H,1H3/q+1. The van der Waals surface area contributed by atoms with E-state index in [1.807, 2.05) is 30.3 Å². The summed E-state index contributed by atoms with van der Waals surface area (Å²) in [6.45, 7) is 0. The van der Waals surface area contributed by atoms with Gasteiger partial charge < -0.3 is 0 Å². The van der Waals surface area contributed by atoms with Crippen molar-refractivity contribution < 1.29 is 4.70 Å². The highest BCUT2D eigenvalue weighted by Gasteiger charge is 1.96. The van der Waals surface area contributed by atoms with Crippen molar-refractivity contribution in [3.8, 4) is 0 Å². The van der Waals surface area contributed by atoms with Crippen LogP contribution in [0.3, 0.4) is 0 Å². The van der Waals surface area contributed by atoms with Gasteiger partial charge in [0.05, 0.1) is 0 Å². The third-order valence-corrected chi connectivity index (χ3v) is 1.14. The Hall–Kier alpha value is -1.18. The first-order valence-corrected chi connectivity index (χ1v) is 2.81. The number of nitrogens with one attached hydrogen (secondary N) is 1. The van der Waals surface area contributed by atoms with Crippen LogP contribution in [0.25, 0.3) is 0 Å². The van der Waals surface area contributed by atoms with Gasteiger partial charge in [0, 0.05) is 12.1 Å². The number of nitrogens with zero attached hydrogens (tertiary/aromatic N) is 1. The Morgan fingerprint density at radius 2 is 1.78 bits per heavy atom. The maximum Gasteiger partial charge on any atom is 0.230 e. The summed E-state index contributed by atoms with van der Waals surface area (Å²) in [5, 5.41) is 0. The highest BCUT2D eigenvalue weighted by Crippen LogP contribution is 2.06. The summed E-state index contributed by atoms with van der Waals surface area (Å²) in [4.78, 5) is 0. The molecule has 1 aromatic carbocycles. The third-order valence-electron chi connectivity index (χ3n) is 1.14. The van der Waals surface area contributed by atoms with E-state index >= 15 is 0 Å². The van der Waals surface area contributed by atoms with Crippen LogP contribution in [0.5, 0.6) is 0 Å². The quantitative estimate of drug-likeness (QED) is 0.434. The minimum atomic E-state index is 0.914. The fourth-order valence-corrected chi connectivity index (χ4v) is 0.652. The Labute approximate surface area is 54.2 Å². The Bertz CT molecular complexity index is 203. The minimum Gasteiger partial charge on any atom is -0.0945 e. The zero-order valence-electron chi connectivity index (χ0n) is 5.33. The van der Waals surface area contributed by atoms with E-state index in [0.29, 0.717) is 0 Å². The van der Waals surface area contributed by atoms with E-state index in [-0.39, 0.29) is 0 Å². The highest BCUT2D eigenvalue weighted by molar-refractivity contribution is 5.27. The fraction of sp³-hybridized carbons (Fsp3) is 0.143. The molecule has 1 rings (SSSR count). The van der Waals surface area contributed by atoms with Gasteiger partial charge in [-0.1, -0.05) is 28.4 Å². The maximum atomic E-state index is 7.15. The molecule has 2 nitrogen and oxygen atoms in total. The molecular formula is C7H9N2+. The van der Waals surface area contributed by atoms with Gasteiger partial charge in [0.25, 0.3) is 0 Å². The predicted molar refractivity (Wildman–Crippen MR) is 35.0 cm³/mol. The highest BCUT2D eigenvalue weighted by atomic mass is 15.1. The molecule has 0 spiro atoms. The van der Waals surface area contributed by atoms with Crippen molar-refractivity contribution in [1.82, 2.24) is 0 Å². The van der Waals surface area contributed by atoms with Crippen LogP contribution >= 0.6 is 0 Å². The van der Waals surface area contributed by atoms with Crippen LogP contribution in [0, 0.1) is 5.53 Å². The molecule has 0 saturated heterocycles. The van der Waals surface area contributed by atoms with Crippen LogP contribution in [0.4, 0.5) is 5.69 Å². The van der Waals surface area contributed by atoms with Crippen molar-refractivity contribution in [2.24, 2.45) is 0 Å². The van der Waals surface area contributed by atoms with Crippen LogP contribution in [-0.2, 0) is 0 Å². The van der Waals surface area contributed by atoms with Gasteiger partial charge in [0.15, 0.2) is 7.05 Å². The van der Waals surface area contributed by atoms with E-state index in [1.54, 1.807) is 7.05 Å². The molecular weight excluding hydrogens is 112 g/mol. The van der Waals surface area contributed by atoms with Crippen LogP contribution in [0.2, 0.25) is 0 Å². The van der Waals surface area contributed by atoms with Crippen molar-refractivity contribution in [2.75, 3.05) is 7.05 Å². The smallest absolute Gasteiger partial charge is 0.0945 e. The Morgan fingerprint density at radius 3 is 2.11 bits per heavy atom. The molecule has 46 valence electrons. The van der Waals surface area contributed by atoms with Crippen molar-refractivity contribution in [3.63, 3.8) is 0 Å². The van der Waals surface area contributed by atoms with Gasteiger partial charge >= 0.3 is 0 Å². The number of hydrogen-bond donors (Lipinski definition) is 1. The summed E-state index contributed by atoms with van der Waals surface area (Å²) in [7, 11) is 1.70. The number of hydrogen-bond acceptors (Lipinski definition) is 1. The van der Waals surface area contributed by atoms with E-state index < -0.39 is 0 Å². The normalized spacial score (nSPS) is 9.00. The van der Waals surface area contributed by atoms with Crippen molar-refractivity contribution in [1.29, 1.82) is 5.53 Å². The molecule has 2 heteroatoms. The Balaban J connectivity index is 2.98. The zero-order valence-corrected chi connectivity index (χ0v) is 5.33. The largest absolute Gasteiger partial charge is 0.230 e. The third kappa shape index (κ3) is 1.35. The monoisotopic (exact) mass is 121 g/mol. The first-order chi connectivity index (χ1) is 4.30. The van der Waals surface area contributed by atoms with E-state index in [1.165, 1.54) is 4.70 Å². The van der Waals surface area contributed by atoms with Crippen LogP contribution < -0.4 is 0 Å². The molecule has 1 aromatic rings. The molecule has 0 saturated carbocycles. The lowest BCUT2D eigenvalue weighted by atomic mass is 10.3. The second-order valence-corrected chi connectivity index (χ2v) is 1.89. The molecule has 1 N–H and O–H groups in total. The molecule has 0 fully saturated rings. The second-order valence-electron chi connectivity index (χ2n) is 1.89. The van der Waals surface area contributed by atoms with Crippen molar-refractivity contribution in [3.05, 3.63) is 30.3 Å². The summed E-state index contributed by atoms with van der Waals surface area (Å²) in [5.74, 6) is 0. The number of benzene rings is 1. The molecule has 0 aromatic heterocycles. The van der Waals surface area contributed by atoms with Gasteiger partial charge in [0.2, 0.25) is 5.69 Å². The average Bonchev–Trinajstić information content (AvgIpc) is 1.90. The summed E-state index contributed by atoms with van der Waals surface area (Å²) in [5.41, 5.74) is 8.07. The SMILES string of the molecule is C[N+](=N)c1ccccc1. The van der Waals surface area contributed by atoms with Crippen LogP contribution in [0.1, 0.15) is 0 Å². The first kappa shape index (κ1) is 5.95. The first-order valence-electron chi connectivity index (χ1n) is 2.81. The van der Waals surface area contributed by atoms with Gasteiger partial charge in [-0.05, 0) is 0 Å². The Kier molecular flexibility index (Phi) is 1.58. The van der Waals surface area contributed by atoms with E-state index in [9.17, 15) is 0 Å². The lowest BCUT2D eigenvalue weighted by Gasteiger charge is -1.86. The molecule has 9 heavy (non-hydrogen) atoms. The lowest BCUT2D eigenvalue weighted by Crippen LogP contribution is -1.87. The van der Waals surface area contributed by atoms with Gasteiger partial charge in [-0.15, -0.1) is 0 Å². The fourth-order valence-electron chi connectivity index (χ4n) is 0.652. The topological polar surface area (TPSA) is 26.9 Å². The van der Waals surface area contributed by atoms with Gasteiger partial charge in [-0.3, -0.25) is 0 Å². The molecule has 0 amide bonds. The molecule has 0 radical (unpaired) electrons. The van der Waals surface area contributed by atoms with E-state index in [2.05, 4.69) is 0 Å². The predicted octanol–water partition coefficient (Wildman–Crippen LogP) is 1.99.